The zero-order valence-electron chi connectivity index (χ0n) is 14.6. The first kappa shape index (κ1) is 18.1. The molecule has 0 unspecified atom stereocenters. The highest BCUT2D eigenvalue weighted by Gasteiger charge is 2.13. The SMILES string of the molecule is COc1ccc(-c2nc(C)c(CC(=O)NCc3ccccc3F)s2)cc1. The van der Waals surface area contributed by atoms with E-state index in [9.17, 15) is 9.18 Å². The molecule has 2 aromatic carbocycles. The summed E-state index contributed by atoms with van der Waals surface area (Å²) in [6.45, 7) is 2.07. The second-order valence-electron chi connectivity index (χ2n) is 5.80. The first-order chi connectivity index (χ1) is 12.6. The molecule has 0 spiro atoms. The van der Waals surface area contributed by atoms with Crippen molar-refractivity contribution in [2.75, 3.05) is 7.11 Å². The predicted octanol–water partition coefficient (Wildman–Crippen LogP) is 4.13. The summed E-state index contributed by atoms with van der Waals surface area (Å²) in [6, 6.07) is 14.1. The van der Waals surface area contributed by atoms with E-state index in [2.05, 4.69) is 10.3 Å². The lowest BCUT2D eigenvalue weighted by Crippen LogP contribution is -2.24. The summed E-state index contributed by atoms with van der Waals surface area (Å²) in [4.78, 5) is 17.7. The molecule has 4 nitrogen and oxygen atoms in total. The average Bonchev–Trinajstić information content (AvgIpc) is 3.01. The summed E-state index contributed by atoms with van der Waals surface area (Å²) in [7, 11) is 1.63. The minimum atomic E-state index is -0.316. The van der Waals surface area contributed by atoms with Crippen molar-refractivity contribution < 1.29 is 13.9 Å². The van der Waals surface area contributed by atoms with Crippen LogP contribution >= 0.6 is 11.3 Å². The van der Waals surface area contributed by atoms with Gasteiger partial charge < -0.3 is 10.1 Å². The fourth-order valence-corrected chi connectivity index (χ4v) is 3.56. The smallest absolute Gasteiger partial charge is 0.225 e. The summed E-state index contributed by atoms with van der Waals surface area (Å²) in [6.07, 6.45) is 0.230. The van der Waals surface area contributed by atoms with E-state index in [1.54, 1.807) is 25.3 Å². The number of amides is 1. The Morgan fingerprint density at radius 2 is 1.92 bits per heavy atom. The van der Waals surface area contributed by atoms with Gasteiger partial charge in [0.15, 0.2) is 0 Å². The summed E-state index contributed by atoms with van der Waals surface area (Å²) in [5.41, 5.74) is 2.29. The van der Waals surface area contributed by atoms with Gasteiger partial charge in [-0.2, -0.15) is 0 Å². The van der Waals surface area contributed by atoms with Crippen molar-refractivity contribution in [1.29, 1.82) is 0 Å². The van der Waals surface area contributed by atoms with E-state index in [-0.39, 0.29) is 24.7 Å². The van der Waals surface area contributed by atoms with Crippen LogP contribution in [-0.4, -0.2) is 18.0 Å². The highest BCUT2D eigenvalue weighted by Crippen LogP contribution is 2.29. The van der Waals surface area contributed by atoms with Gasteiger partial charge in [0.1, 0.15) is 16.6 Å². The second-order valence-corrected chi connectivity index (χ2v) is 6.88. The van der Waals surface area contributed by atoms with Crippen LogP contribution in [0.25, 0.3) is 10.6 Å². The molecule has 0 fully saturated rings. The molecule has 26 heavy (non-hydrogen) atoms. The Labute approximate surface area is 155 Å². The molecule has 0 saturated heterocycles. The molecule has 0 saturated carbocycles. The minimum absolute atomic E-state index is 0.152. The predicted molar refractivity (Wildman–Crippen MR) is 101 cm³/mol. The summed E-state index contributed by atoms with van der Waals surface area (Å²) < 4.78 is 18.8. The molecular weight excluding hydrogens is 351 g/mol. The first-order valence-corrected chi connectivity index (χ1v) is 8.99. The number of aryl methyl sites for hydroxylation is 1. The Morgan fingerprint density at radius 1 is 1.19 bits per heavy atom. The highest BCUT2D eigenvalue weighted by atomic mass is 32.1. The third-order valence-electron chi connectivity index (χ3n) is 3.98. The number of rotatable bonds is 6. The van der Waals surface area contributed by atoms with Gasteiger partial charge in [0.2, 0.25) is 5.91 Å². The number of carbonyl (C=O) groups excluding carboxylic acids is 1. The van der Waals surface area contributed by atoms with E-state index < -0.39 is 0 Å². The molecule has 3 aromatic rings. The van der Waals surface area contributed by atoms with E-state index in [4.69, 9.17) is 4.74 Å². The molecular formula is C20H19FN2O2S. The Morgan fingerprint density at radius 3 is 2.62 bits per heavy atom. The lowest BCUT2D eigenvalue weighted by Gasteiger charge is -2.05. The van der Waals surface area contributed by atoms with E-state index in [0.717, 1.165) is 26.9 Å². The molecule has 1 amide bonds. The Hall–Kier alpha value is -2.73. The van der Waals surface area contributed by atoms with Crippen molar-refractivity contribution in [2.45, 2.75) is 19.9 Å². The molecule has 134 valence electrons. The molecule has 0 radical (unpaired) electrons. The van der Waals surface area contributed by atoms with Gasteiger partial charge in [0, 0.05) is 22.5 Å². The maximum atomic E-state index is 13.6. The van der Waals surface area contributed by atoms with Gasteiger partial charge in [-0.05, 0) is 37.3 Å². The fourth-order valence-electron chi connectivity index (χ4n) is 2.49. The van der Waals surface area contributed by atoms with Crippen molar-refractivity contribution in [3.05, 3.63) is 70.5 Å². The van der Waals surface area contributed by atoms with Crippen LogP contribution in [0.2, 0.25) is 0 Å². The number of hydrogen-bond donors (Lipinski definition) is 1. The van der Waals surface area contributed by atoms with Gasteiger partial charge >= 0.3 is 0 Å². The zero-order chi connectivity index (χ0) is 18.5. The maximum Gasteiger partial charge on any atom is 0.225 e. The minimum Gasteiger partial charge on any atom is -0.497 e. The second kappa shape index (κ2) is 8.10. The number of halogens is 1. The summed E-state index contributed by atoms with van der Waals surface area (Å²) in [5.74, 6) is 0.319. The van der Waals surface area contributed by atoms with Gasteiger partial charge in [0.25, 0.3) is 0 Å². The van der Waals surface area contributed by atoms with E-state index in [1.807, 2.05) is 31.2 Å². The van der Waals surface area contributed by atoms with Crippen LogP contribution in [-0.2, 0) is 17.8 Å². The molecule has 1 aromatic heterocycles. The molecule has 1 heterocycles. The average molecular weight is 370 g/mol. The van der Waals surface area contributed by atoms with Crippen LogP contribution in [0.5, 0.6) is 5.75 Å². The Balaban J connectivity index is 1.65. The van der Waals surface area contributed by atoms with Crippen molar-refractivity contribution in [3.8, 4) is 16.3 Å². The Kier molecular flexibility index (Phi) is 5.63. The molecule has 0 aliphatic rings. The van der Waals surface area contributed by atoms with Gasteiger partial charge in [-0.3, -0.25) is 4.79 Å². The van der Waals surface area contributed by atoms with Crippen LogP contribution in [0.3, 0.4) is 0 Å². The standard InChI is InChI=1S/C20H19FN2O2S/c1-13-18(11-19(24)22-12-15-5-3-4-6-17(15)21)26-20(23-13)14-7-9-16(25-2)10-8-14/h3-10H,11-12H2,1-2H3,(H,22,24). The van der Waals surface area contributed by atoms with Crippen LogP contribution in [0.15, 0.2) is 48.5 Å². The lowest BCUT2D eigenvalue weighted by molar-refractivity contribution is -0.120. The van der Waals surface area contributed by atoms with Crippen LogP contribution in [0.1, 0.15) is 16.1 Å². The maximum absolute atomic E-state index is 13.6. The number of nitrogens with one attached hydrogen (secondary N) is 1. The van der Waals surface area contributed by atoms with Crippen LogP contribution < -0.4 is 10.1 Å². The van der Waals surface area contributed by atoms with Crippen molar-refractivity contribution in [1.82, 2.24) is 10.3 Å². The van der Waals surface area contributed by atoms with Gasteiger partial charge in [-0.15, -0.1) is 11.3 Å². The van der Waals surface area contributed by atoms with E-state index >= 15 is 0 Å². The van der Waals surface area contributed by atoms with E-state index in [0.29, 0.717) is 5.56 Å². The number of ether oxygens (including phenoxy) is 1. The number of nitrogens with zero attached hydrogens (tertiary/aromatic N) is 1. The third kappa shape index (κ3) is 4.26. The molecule has 0 bridgehead atoms. The number of benzene rings is 2. The van der Waals surface area contributed by atoms with Crippen LogP contribution in [0.4, 0.5) is 4.39 Å². The molecule has 0 aliphatic carbocycles. The monoisotopic (exact) mass is 370 g/mol. The molecule has 0 aliphatic heterocycles. The number of aromatic nitrogens is 1. The van der Waals surface area contributed by atoms with Crippen LogP contribution in [0, 0.1) is 12.7 Å². The normalized spacial score (nSPS) is 10.6. The van der Waals surface area contributed by atoms with Crippen molar-refractivity contribution >= 4 is 17.2 Å². The van der Waals surface area contributed by atoms with Gasteiger partial charge in [0.05, 0.1) is 19.2 Å². The number of thiazole rings is 1. The first-order valence-electron chi connectivity index (χ1n) is 8.17. The number of methoxy groups -OCH3 is 1. The molecule has 0 atom stereocenters. The van der Waals surface area contributed by atoms with Gasteiger partial charge in [-0.25, -0.2) is 9.37 Å². The summed E-state index contributed by atoms with van der Waals surface area (Å²) >= 11 is 1.49. The van der Waals surface area contributed by atoms with E-state index in [1.165, 1.54) is 17.4 Å². The molecule has 6 heteroatoms. The highest BCUT2D eigenvalue weighted by molar-refractivity contribution is 7.15. The largest absolute Gasteiger partial charge is 0.497 e. The third-order valence-corrected chi connectivity index (χ3v) is 5.19. The molecule has 1 N–H and O–H groups in total. The number of hydrogen-bond acceptors (Lipinski definition) is 4. The molecule has 3 rings (SSSR count). The Bertz CT molecular complexity index is 906. The fraction of sp³-hybridized carbons (Fsp3) is 0.200. The van der Waals surface area contributed by atoms with Crippen molar-refractivity contribution in [3.63, 3.8) is 0 Å². The topological polar surface area (TPSA) is 51.2 Å². The summed E-state index contributed by atoms with van der Waals surface area (Å²) in [5, 5.41) is 3.63. The zero-order valence-corrected chi connectivity index (χ0v) is 15.4. The lowest BCUT2D eigenvalue weighted by atomic mass is 10.2. The number of carbonyl (C=O) groups is 1. The van der Waals surface area contributed by atoms with Gasteiger partial charge in [-0.1, -0.05) is 18.2 Å². The van der Waals surface area contributed by atoms with Crippen molar-refractivity contribution in [2.24, 2.45) is 0 Å². The quantitative estimate of drug-likeness (QED) is 0.710.